The van der Waals surface area contributed by atoms with Crippen LogP contribution in [0.25, 0.3) is 5.13 Å². The Labute approximate surface area is 116 Å². The molecule has 0 atom stereocenters. The summed E-state index contributed by atoms with van der Waals surface area (Å²) in [4.78, 5) is 4.34. The van der Waals surface area contributed by atoms with E-state index in [1.165, 1.54) is 11.3 Å². The second kappa shape index (κ2) is 5.82. The highest BCUT2D eigenvalue weighted by atomic mass is 32.1. The van der Waals surface area contributed by atoms with Gasteiger partial charge in [-0.1, -0.05) is 30.3 Å². The second-order valence-electron chi connectivity index (χ2n) is 4.27. The lowest BCUT2D eigenvalue weighted by Gasteiger charge is -2.07. The summed E-state index contributed by atoms with van der Waals surface area (Å²) in [7, 11) is 0. The molecule has 0 radical (unpaired) electrons. The topological polar surface area (TPSA) is 29.9 Å². The van der Waals surface area contributed by atoms with Gasteiger partial charge in [0.05, 0.1) is 0 Å². The summed E-state index contributed by atoms with van der Waals surface area (Å²) in [5.41, 5.74) is 2.53. The molecular weight excluding hydrogens is 254 g/mol. The normalized spacial score (nSPS) is 10.7. The van der Waals surface area contributed by atoms with Crippen LogP contribution in [0.2, 0.25) is 0 Å². The van der Waals surface area contributed by atoms with Gasteiger partial charge in [0, 0.05) is 36.6 Å². The molecule has 3 rings (SSSR count). The predicted octanol–water partition coefficient (Wildman–Crippen LogP) is 3.22. The van der Waals surface area contributed by atoms with Crippen LogP contribution in [0.5, 0.6) is 0 Å². The minimum Gasteiger partial charge on any atom is -0.307 e. The molecule has 0 aliphatic rings. The summed E-state index contributed by atoms with van der Waals surface area (Å²) in [5, 5.41) is 6.47. The van der Waals surface area contributed by atoms with Crippen LogP contribution in [-0.2, 0) is 13.1 Å². The number of nitrogens with one attached hydrogen (secondary N) is 1. The van der Waals surface area contributed by atoms with Crippen LogP contribution in [0.4, 0.5) is 0 Å². The van der Waals surface area contributed by atoms with Gasteiger partial charge in [0.15, 0.2) is 5.13 Å². The molecule has 3 nitrogen and oxygen atoms in total. The van der Waals surface area contributed by atoms with Crippen LogP contribution in [0.3, 0.4) is 0 Å². The van der Waals surface area contributed by atoms with E-state index in [0.717, 1.165) is 18.2 Å². The molecule has 0 bridgehead atoms. The van der Waals surface area contributed by atoms with Gasteiger partial charge in [-0.05, 0) is 17.7 Å². The van der Waals surface area contributed by atoms with Crippen molar-refractivity contribution in [1.82, 2.24) is 14.9 Å². The number of nitrogens with zero attached hydrogens (tertiary/aromatic N) is 2. The molecule has 0 aliphatic carbocycles. The zero-order chi connectivity index (χ0) is 12.9. The van der Waals surface area contributed by atoms with Crippen molar-refractivity contribution in [2.24, 2.45) is 0 Å². The van der Waals surface area contributed by atoms with Crippen LogP contribution in [0, 0.1) is 0 Å². The van der Waals surface area contributed by atoms with Gasteiger partial charge in [0.2, 0.25) is 0 Å². The maximum absolute atomic E-state index is 4.34. The molecule has 3 aromatic rings. The Morgan fingerprint density at radius 3 is 2.74 bits per heavy atom. The smallest absolute Gasteiger partial charge is 0.193 e. The van der Waals surface area contributed by atoms with Crippen molar-refractivity contribution in [2.75, 3.05) is 0 Å². The van der Waals surface area contributed by atoms with Crippen LogP contribution in [-0.4, -0.2) is 9.55 Å². The van der Waals surface area contributed by atoms with Gasteiger partial charge in [0.1, 0.15) is 0 Å². The molecule has 4 heteroatoms. The number of aromatic nitrogens is 2. The van der Waals surface area contributed by atoms with E-state index in [0.29, 0.717) is 0 Å². The van der Waals surface area contributed by atoms with Crippen molar-refractivity contribution >= 4 is 11.3 Å². The average molecular weight is 269 g/mol. The minimum atomic E-state index is 0.835. The standard InChI is InChI=1S/C15H15N3S/c1-2-5-13(6-3-1)11-16-12-14-7-4-9-18(14)15-17-8-10-19-15/h1-10,16H,11-12H2. The summed E-state index contributed by atoms with van der Waals surface area (Å²) in [6, 6.07) is 14.6. The third-order valence-corrected chi connectivity index (χ3v) is 3.71. The lowest BCUT2D eigenvalue weighted by molar-refractivity contribution is 0.669. The highest BCUT2D eigenvalue weighted by molar-refractivity contribution is 7.12. The van der Waals surface area contributed by atoms with Crippen molar-refractivity contribution in [3.05, 3.63) is 71.5 Å². The number of thiazole rings is 1. The van der Waals surface area contributed by atoms with E-state index in [9.17, 15) is 0 Å². The van der Waals surface area contributed by atoms with Crippen LogP contribution < -0.4 is 5.32 Å². The lowest BCUT2D eigenvalue weighted by Crippen LogP contribution is -2.15. The number of hydrogen-bond acceptors (Lipinski definition) is 3. The zero-order valence-corrected chi connectivity index (χ0v) is 11.3. The van der Waals surface area contributed by atoms with Crippen molar-refractivity contribution in [3.8, 4) is 5.13 Å². The van der Waals surface area contributed by atoms with Gasteiger partial charge in [-0.15, -0.1) is 11.3 Å². The molecule has 0 saturated carbocycles. The van der Waals surface area contributed by atoms with Gasteiger partial charge in [-0.2, -0.15) is 0 Å². The molecule has 96 valence electrons. The Morgan fingerprint density at radius 1 is 1.05 bits per heavy atom. The van der Waals surface area contributed by atoms with Gasteiger partial charge < -0.3 is 5.32 Å². The van der Waals surface area contributed by atoms with Gasteiger partial charge in [0.25, 0.3) is 0 Å². The lowest BCUT2D eigenvalue weighted by atomic mass is 10.2. The maximum Gasteiger partial charge on any atom is 0.193 e. The maximum atomic E-state index is 4.34. The van der Waals surface area contributed by atoms with E-state index in [1.54, 1.807) is 11.3 Å². The van der Waals surface area contributed by atoms with E-state index in [4.69, 9.17) is 0 Å². The summed E-state index contributed by atoms with van der Waals surface area (Å²) >= 11 is 1.65. The van der Waals surface area contributed by atoms with Crippen molar-refractivity contribution in [3.63, 3.8) is 0 Å². The first-order chi connectivity index (χ1) is 9.43. The van der Waals surface area contributed by atoms with Crippen LogP contribution in [0.1, 0.15) is 11.3 Å². The Hall–Kier alpha value is -1.91. The Balaban J connectivity index is 1.64. The second-order valence-corrected chi connectivity index (χ2v) is 5.15. The van der Waals surface area contributed by atoms with Gasteiger partial charge in [-0.3, -0.25) is 4.57 Å². The fourth-order valence-electron chi connectivity index (χ4n) is 2.01. The Bertz CT molecular complexity index is 614. The molecule has 0 amide bonds. The molecule has 0 aliphatic heterocycles. The van der Waals surface area contributed by atoms with E-state index < -0.39 is 0 Å². The summed E-state index contributed by atoms with van der Waals surface area (Å²) in [6.45, 7) is 1.71. The molecule has 2 aromatic heterocycles. The molecule has 2 heterocycles. The van der Waals surface area contributed by atoms with Gasteiger partial charge >= 0.3 is 0 Å². The van der Waals surface area contributed by atoms with E-state index in [-0.39, 0.29) is 0 Å². The fourth-order valence-corrected chi connectivity index (χ4v) is 2.67. The van der Waals surface area contributed by atoms with Crippen molar-refractivity contribution in [2.45, 2.75) is 13.1 Å². The van der Waals surface area contributed by atoms with Crippen molar-refractivity contribution in [1.29, 1.82) is 0 Å². The van der Waals surface area contributed by atoms with E-state index in [1.807, 2.05) is 17.6 Å². The molecule has 0 spiro atoms. The van der Waals surface area contributed by atoms with Crippen molar-refractivity contribution < 1.29 is 0 Å². The third kappa shape index (κ3) is 2.92. The fraction of sp³-hybridized carbons (Fsp3) is 0.133. The summed E-state index contributed by atoms with van der Waals surface area (Å²) < 4.78 is 2.13. The van der Waals surface area contributed by atoms with Crippen LogP contribution in [0.15, 0.2) is 60.2 Å². The highest BCUT2D eigenvalue weighted by Crippen LogP contribution is 2.15. The molecule has 0 unspecified atom stereocenters. The number of rotatable bonds is 5. The zero-order valence-electron chi connectivity index (χ0n) is 10.5. The summed E-state index contributed by atoms with van der Waals surface area (Å²) in [6.07, 6.45) is 3.89. The monoisotopic (exact) mass is 269 g/mol. The SMILES string of the molecule is c1ccc(CNCc2cccn2-c2nccs2)cc1. The average Bonchev–Trinajstić information content (AvgIpc) is 3.10. The predicted molar refractivity (Wildman–Crippen MR) is 78.4 cm³/mol. The number of hydrogen-bond donors (Lipinski definition) is 1. The summed E-state index contributed by atoms with van der Waals surface area (Å²) in [5.74, 6) is 0. The first-order valence-electron chi connectivity index (χ1n) is 6.24. The Morgan fingerprint density at radius 2 is 1.95 bits per heavy atom. The molecule has 1 aromatic carbocycles. The number of benzene rings is 1. The minimum absolute atomic E-state index is 0.835. The first-order valence-corrected chi connectivity index (χ1v) is 7.12. The van der Waals surface area contributed by atoms with Gasteiger partial charge in [-0.25, -0.2) is 4.98 Å². The molecule has 0 saturated heterocycles. The van der Waals surface area contributed by atoms with E-state index >= 15 is 0 Å². The first kappa shape index (κ1) is 12.1. The van der Waals surface area contributed by atoms with E-state index in [2.05, 4.69) is 57.5 Å². The molecule has 19 heavy (non-hydrogen) atoms. The third-order valence-electron chi connectivity index (χ3n) is 2.94. The van der Waals surface area contributed by atoms with Crippen LogP contribution >= 0.6 is 11.3 Å². The molecule has 1 N–H and O–H groups in total. The highest BCUT2D eigenvalue weighted by Gasteiger charge is 2.04. The Kier molecular flexibility index (Phi) is 3.72. The molecular formula is C15H15N3S. The largest absolute Gasteiger partial charge is 0.307 e. The molecule has 0 fully saturated rings. The quantitative estimate of drug-likeness (QED) is 0.770.